The van der Waals surface area contributed by atoms with Gasteiger partial charge in [0.05, 0.1) is 19.1 Å². The summed E-state index contributed by atoms with van der Waals surface area (Å²) in [6, 6.07) is 14.2. The minimum atomic E-state index is -0.995. The van der Waals surface area contributed by atoms with Crippen LogP contribution in [0.5, 0.6) is 0 Å². The third-order valence-corrected chi connectivity index (χ3v) is 6.53. The topological polar surface area (TPSA) is 58.6 Å². The number of methoxy groups -OCH3 is 1. The number of carbonyl (C=O) groups excluding carboxylic acids is 2. The fraction of sp³-hybridized carbons (Fsp3) is 0.286. The molecule has 2 aliphatic rings. The Morgan fingerprint density at radius 2 is 2.00 bits per heavy atom. The van der Waals surface area contributed by atoms with E-state index in [2.05, 4.69) is 5.32 Å². The van der Waals surface area contributed by atoms with Crippen LogP contribution in [0.4, 0.5) is 0 Å². The Hall–Kier alpha value is -2.15. The molecule has 0 bridgehead atoms. The summed E-state index contributed by atoms with van der Waals surface area (Å²) in [7, 11) is 1.34. The molecule has 0 saturated carbocycles. The molecule has 2 aromatic carbocycles. The Labute approximate surface area is 183 Å². The summed E-state index contributed by atoms with van der Waals surface area (Å²) in [6.45, 7) is 0. The number of rotatable bonds is 4. The van der Waals surface area contributed by atoms with Crippen molar-refractivity contribution in [3.8, 4) is 0 Å². The zero-order valence-corrected chi connectivity index (χ0v) is 17.9. The van der Waals surface area contributed by atoms with Crippen molar-refractivity contribution in [1.29, 1.82) is 0 Å². The minimum Gasteiger partial charge on any atom is -0.469 e. The molecule has 0 radical (unpaired) electrons. The first kappa shape index (κ1) is 20.1. The molecule has 1 N–H and O–H groups in total. The maximum Gasteiger partial charge on any atom is 0.311 e. The van der Waals surface area contributed by atoms with Crippen LogP contribution in [0.25, 0.3) is 0 Å². The number of benzene rings is 2. The zero-order chi connectivity index (χ0) is 20.8. The summed E-state index contributed by atoms with van der Waals surface area (Å²) in [6.07, 6.45) is 0.680. The normalized spacial score (nSPS) is 25.7. The largest absolute Gasteiger partial charge is 0.469 e. The van der Waals surface area contributed by atoms with Crippen LogP contribution in [0.15, 0.2) is 48.5 Å². The van der Waals surface area contributed by atoms with Crippen molar-refractivity contribution in [2.75, 3.05) is 7.11 Å². The molecule has 8 heteroatoms. The number of fused-ring (bicyclic) bond motifs is 1. The van der Waals surface area contributed by atoms with Gasteiger partial charge in [0.25, 0.3) is 5.91 Å². The number of hydrogen-bond acceptors (Lipinski definition) is 4. The van der Waals surface area contributed by atoms with Crippen molar-refractivity contribution < 1.29 is 14.3 Å². The van der Waals surface area contributed by atoms with Crippen molar-refractivity contribution in [2.24, 2.45) is 5.92 Å². The van der Waals surface area contributed by atoms with Gasteiger partial charge in [-0.25, -0.2) is 0 Å². The van der Waals surface area contributed by atoms with Crippen LogP contribution < -0.4 is 5.32 Å². The molecular weight excluding hydrogens is 431 g/mol. The fourth-order valence-electron chi connectivity index (χ4n) is 4.45. The molecular formula is C21H18Cl2N2O3S. The molecule has 4 rings (SSSR count). The molecule has 2 fully saturated rings. The highest BCUT2D eigenvalue weighted by Crippen LogP contribution is 2.52. The van der Waals surface area contributed by atoms with Gasteiger partial charge in [-0.05, 0) is 41.9 Å². The van der Waals surface area contributed by atoms with E-state index in [1.165, 1.54) is 7.11 Å². The maximum absolute atomic E-state index is 13.1. The Morgan fingerprint density at radius 1 is 1.28 bits per heavy atom. The summed E-state index contributed by atoms with van der Waals surface area (Å²) in [5.74, 6) is -1.22. The van der Waals surface area contributed by atoms with Gasteiger partial charge in [-0.3, -0.25) is 9.59 Å². The first-order valence-electron chi connectivity index (χ1n) is 9.09. The van der Waals surface area contributed by atoms with Crippen LogP contribution in [0.2, 0.25) is 10.0 Å². The quantitative estimate of drug-likeness (QED) is 0.567. The van der Waals surface area contributed by atoms with Gasteiger partial charge in [-0.15, -0.1) is 0 Å². The SMILES string of the molecule is COC(=O)[C@H]1C[C@@]2(Cc3ccccc3)C(=O)NC(=S)N2[C@H]1c1ccc(Cl)cc1Cl. The van der Waals surface area contributed by atoms with Crippen molar-refractivity contribution in [1.82, 2.24) is 10.2 Å². The van der Waals surface area contributed by atoms with Gasteiger partial charge in [-0.2, -0.15) is 0 Å². The van der Waals surface area contributed by atoms with Crippen molar-refractivity contribution in [3.05, 3.63) is 69.7 Å². The lowest BCUT2D eigenvalue weighted by molar-refractivity contribution is -0.146. The van der Waals surface area contributed by atoms with Gasteiger partial charge in [-0.1, -0.05) is 59.6 Å². The minimum absolute atomic E-state index is 0.215. The predicted octanol–water partition coefficient (Wildman–Crippen LogP) is 3.93. The Bertz CT molecular complexity index is 1000. The first-order chi connectivity index (χ1) is 13.9. The highest BCUT2D eigenvalue weighted by Gasteiger charge is 2.63. The third-order valence-electron chi connectivity index (χ3n) is 5.66. The Kier molecular flexibility index (Phi) is 5.27. The smallest absolute Gasteiger partial charge is 0.311 e. The van der Waals surface area contributed by atoms with E-state index in [1.54, 1.807) is 18.2 Å². The molecule has 29 heavy (non-hydrogen) atoms. The number of nitrogens with zero attached hydrogens (tertiary/aromatic N) is 1. The number of carbonyl (C=O) groups is 2. The Balaban J connectivity index is 1.86. The molecule has 1 amide bonds. The lowest BCUT2D eigenvalue weighted by atomic mass is 9.84. The summed E-state index contributed by atoms with van der Waals surface area (Å²) in [5, 5.41) is 3.97. The number of nitrogens with one attached hydrogen (secondary N) is 1. The molecule has 5 nitrogen and oxygen atoms in total. The molecule has 0 spiro atoms. The van der Waals surface area contributed by atoms with Crippen LogP contribution >= 0.6 is 35.4 Å². The second-order valence-corrected chi connectivity index (χ2v) is 8.50. The predicted molar refractivity (Wildman–Crippen MR) is 115 cm³/mol. The lowest BCUT2D eigenvalue weighted by Crippen LogP contribution is -2.47. The average Bonchev–Trinajstić information content (AvgIpc) is 3.15. The van der Waals surface area contributed by atoms with E-state index >= 15 is 0 Å². The van der Waals surface area contributed by atoms with Crippen LogP contribution in [0.1, 0.15) is 23.6 Å². The summed E-state index contributed by atoms with van der Waals surface area (Å²) in [4.78, 5) is 27.7. The van der Waals surface area contributed by atoms with E-state index in [0.717, 1.165) is 5.56 Å². The lowest BCUT2D eigenvalue weighted by Gasteiger charge is -2.34. The summed E-state index contributed by atoms with van der Waals surface area (Å²) >= 11 is 18.1. The maximum atomic E-state index is 13.1. The van der Waals surface area contributed by atoms with E-state index in [9.17, 15) is 9.59 Å². The summed E-state index contributed by atoms with van der Waals surface area (Å²) < 4.78 is 5.07. The van der Waals surface area contributed by atoms with Crippen LogP contribution in [0.3, 0.4) is 0 Å². The molecule has 0 aromatic heterocycles. The molecule has 2 saturated heterocycles. The van der Waals surface area contributed by atoms with Gasteiger partial charge in [0.15, 0.2) is 5.11 Å². The summed E-state index contributed by atoms with van der Waals surface area (Å²) in [5.41, 5.74) is 0.661. The van der Waals surface area contributed by atoms with E-state index in [4.69, 9.17) is 40.2 Å². The number of ether oxygens (including phenoxy) is 1. The van der Waals surface area contributed by atoms with Gasteiger partial charge in [0.2, 0.25) is 0 Å². The molecule has 2 heterocycles. The molecule has 0 aliphatic carbocycles. The Morgan fingerprint density at radius 3 is 2.66 bits per heavy atom. The van der Waals surface area contributed by atoms with Gasteiger partial charge < -0.3 is 15.0 Å². The number of hydrogen-bond donors (Lipinski definition) is 1. The van der Waals surface area contributed by atoms with Crippen LogP contribution in [0, 0.1) is 5.92 Å². The number of esters is 1. The third kappa shape index (κ3) is 3.29. The molecule has 0 unspecified atom stereocenters. The molecule has 150 valence electrons. The first-order valence-corrected chi connectivity index (χ1v) is 10.3. The molecule has 2 aliphatic heterocycles. The van der Waals surface area contributed by atoms with Gasteiger partial charge in [0, 0.05) is 16.5 Å². The number of thiocarbonyl (C=S) groups is 1. The second kappa shape index (κ2) is 7.59. The van der Waals surface area contributed by atoms with E-state index in [-0.39, 0.29) is 17.4 Å². The van der Waals surface area contributed by atoms with E-state index in [0.29, 0.717) is 22.0 Å². The van der Waals surface area contributed by atoms with E-state index < -0.39 is 23.5 Å². The number of amides is 1. The average molecular weight is 449 g/mol. The van der Waals surface area contributed by atoms with Crippen molar-refractivity contribution >= 4 is 52.4 Å². The van der Waals surface area contributed by atoms with Crippen molar-refractivity contribution in [2.45, 2.75) is 24.4 Å². The van der Waals surface area contributed by atoms with Crippen LogP contribution in [-0.4, -0.2) is 34.5 Å². The number of halogens is 2. The van der Waals surface area contributed by atoms with Gasteiger partial charge >= 0.3 is 5.97 Å². The van der Waals surface area contributed by atoms with Crippen molar-refractivity contribution in [3.63, 3.8) is 0 Å². The van der Waals surface area contributed by atoms with Crippen LogP contribution in [-0.2, 0) is 20.7 Å². The molecule has 2 aromatic rings. The highest BCUT2D eigenvalue weighted by atomic mass is 35.5. The monoisotopic (exact) mass is 448 g/mol. The van der Waals surface area contributed by atoms with Gasteiger partial charge in [0.1, 0.15) is 5.54 Å². The second-order valence-electron chi connectivity index (χ2n) is 7.27. The van der Waals surface area contributed by atoms with E-state index in [1.807, 2.05) is 35.2 Å². The zero-order valence-electron chi connectivity index (χ0n) is 15.5. The fourth-order valence-corrected chi connectivity index (χ4v) is 5.35. The standard InChI is InChI=1S/C21H18Cl2N2O3S/c1-28-18(26)15-11-21(10-12-5-3-2-4-6-12)19(27)24-20(29)25(21)17(15)14-8-7-13(22)9-16(14)23/h2-9,15,17H,10-11H2,1H3,(H,24,27,29)/t15-,17-,21-/m0/s1. The molecule has 3 atom stereocenters. The highest BCUT2D eigenvalue weighted by molar-refractivity contribution is 7.80.